The maximum atomic E-state index is 13.7. The van der Waals surface area contributed by atoms with Crippen LogP contribution in [0.3, 0.4) is 0 Å². The molecule has 3 aromatic rings. The van der Waals surface area contributed by atoms with E-state index in [4.69, 9.17) is 4.74 Å². The fraction of sp³-hybridized carbons (Fsp3) is 0.222. The van der Waals surface area contributed by atoms with Gasteiger partial charge in [0.15, 0.2) is 11.8 Å². The van der Waals surface area contributed by atoms with Crippen LogP contribution in [-0.2, 0) is 22.7 Å². The van der Waals surface area contributed by atoms with Gasteiger partial charge in [0.25, 0.3) is 5.91 Å². The van der Waals surface area contributed by atoms with E-state index in [9.17, 15) is 14.4 Å². The molecule has 1 aliphatic rings. The minimum absolute atomic E-state index is 0.154. The van der Waals surface area contributed by atoms with Gasteiger partial charge in [-0.2, -0.15) is 0 Å². The Morgan fingerprint density at radius 3 is 1.91 bits per heavy atom. The predicted molar refractivity (Wildman–Crippen MR) is 125 cm³/mol. The van der Waals surface area contributed by atoms with E-state index in [2.05, 4.69) is 0 Å². The summed E-state index contributed by atoms with van der Waals surface area (Å²) in [6.07, 6.45) is 0. The van der Waals surface area contributed by atoms with Gasteiger partial charge in [-0.15, -0.1) is 0 Å². The molecule has 6 heteroatoms. The molecule has 0 aromatic heterocycles. The standard InChI is InChI=1S/C27H26N2O4/c1-19-26(31)29(18-21-13-15-23(33-2)16-14-21)24(25(30)22-11-7-4-8-12-22)27(32)28(19)17-20-9-5-3-6-10-20/h3-16,19,24H,17-18H2,1-2H3. The van der Waals surface area contributed by atoms with Gasteiger partial charge in [-0.05, 0) is 30.2 Å². The lowest BCUT2D eigenvalue weighted by molar-refractivity contribution is -0.160. The van der Waals surface area contributed by atoms with E-state index in [-0.39, 0.29) is 30.7 Å². The minimum atomic E-state index is -1.22. The average molecular weight is 443 g/mol. The Bertz CT molecular complexity index is 1130. The molecule has 2 amide bonds. The summed E-state index contributed by atoms with van der Waals surface area (Å²) in [5.41, 5.74) is 2.11. The zero-order valence-electron chi connectivity index (χ0n) is 18.7. The third kappa shape index (κ3) is 4.65. The van der Waals surface area contributed by atoms with Gasteiger partial charge < -0.3 is 14.5 Å². The summed E-state index contributed by atoms with van der Waals surface area (Å²) in [6.45, 7) is 2.14. The van der Waals surface area contributed by atoms with Crippen molar-refractivity contribution in [1.29, 1.82) is 0 Å². The number of rotatable bonds is 7. The first-order valence-electron chi connectivity index (χ1n) is 10.9. The number of nitrogens with zero attached hydrogens (tertiary/aromatic N) is 2. The van der Waals surface area contributed by atoms with Crippen molar-refractivity contribution in [2.45, 2.75) is 32.1 Å². The summed E-state index contributed by atoms with van der Waals surface area (Å²) in [4.78, 5) is 43.6. The van der Waals surface area contributed by atoms with Crippen LogP contribution in [0.15, 0.2) is 84.9 Å². The molecule has 33 heavy (non-hydrogen) atoms. The molecule has 0 spiro atoms. The van der Waals surface area contributed by atoms with Gasteiger partial charge in [-0.3, -0.25) is 14.4 Å². The second-order valence-corrected chi connectivity index (χ2v) is 8.07. The van der Waals surface area contributed by atoms with Crippen LogP contribution < -0.4 is 4.74 Å². The monoisotopic (exact) mass is 442 g/mol. The third-order valence-corrected chi connectivity index (χ3v) is 5.95. The molecule has 0 aliphatic carbocycles. The number of piperazine rings is 1. The highest BCUT2D eigenvalue weighted by Gasteiger charge is 2.47. The van der Waals surface area contributed by atoms with Crippen LogP contribution in [0.1, 0.15) is 28.4 Å². The van der Waals surface area contributed by atoms with Gasteiger partial charge in [0, 0.05) is 18.7 Å². The molecule has 0 saturated carbocycles. The maximum absolute atomic E-state index is 13.7. The van der Waals surface area contributed by atoms with Gasteiger partial charge in [-0.25, -0.2) is 0 Å². The van der Waals surface area contributed by atoms with Gasteiger partial charge >= 0.3 is 0 Å². The highest BCUT2D eigenvalue weighted by molar-refractivity contribution is 6.17. The smallest absolute Gasteiger partial charge is 0.254 e. The van der Waals surface area contributed by atoms with Crippen molar-refractivity contribution in [3.8, 4) is 5.75 Å². The number of hydrogen-bond donors (Lipinski definition) is 0. The molecule has 2 unspecified atom stereocenters. The van der Waals surface area contributed by atoms with Crippen molar-refractivity contribution in [2.75, 3.05) is 7.11 Å². The first kappa shape index (κ1) is 22.3. The molecule has 168 valence electrons. The van der Waals surface area contributed by atoms with Crippen molar-refractivity contribution in [1.82, 2.24) is 9.80 Å². The number of carbonyl (C=O) groups excluding carboxylic acids is 3. The fourth-order valence-electron chi connectivity index (χ4n) is 4.09. The molecule has 3 aromatic carbocycles. The fourth-order valence-corrected chi connectivity index (χ4v) is 4.09. The van der Waals surface area contributed by atoms with E-state index in [1.54, 1.807) is 50.4 Å². The molecule has 2 atom stereocenters. The molecule has 0 radical (unpaired) electrons. The summed E-state index contributed by atoms with van der Waals surface area (Å²) in [5.74, 6) is -0.310. The zero-order valence-corrected chi connectivity index (χ0v) is 18.7. The van der Waals surface area contributed by atoms with Gasteiger partial charge in [0.2, 0.25) is 5.91 Å². The lowest BCUT2D eigenvalue weighted by Crippen LogP contribution is -2.65. The Morgan fingerprint density at radius 2 is 1.30 bits per heavy atom. The Kier molecular flexibility index (Phi) is 6.54. The van der Waals surface area contributed by atoms with Gasteiger partial charge in [0.1, 0.15) is 11.8 Å². The first-order chi connectivity index (χ1) is 16.0. The van der Waals surface area contributed by atoms with E-state index in [0.717, 1.165) is 11.1 Å². The van der Waals surface area contributed by atoms with E-state index < -0.39 is 12.1 Å². The number of Topliss-reactive ketones (excluding diaryl/α,β-unsaturated/α-hetero) is 1. The maximum Gasteiger partial charge on any atom is 0.254 e. The number of ether oxygens (including phenoxy) is 1. The summed E-state index contributed by atoms with van der Waals surface area (Å²) in [6, 6.07) is 23.5. The summed E-state index contributed by atoms with van der Waals surface area (Å²) in [5, 5.41) is 0. The van der Waals surface area contributed by atoms with Crippen LogP contribution in [0, 0.1) is 0 Å². The molecule has 0 N–H and O–H groups in total. The van der Waals surface area contributed by atoms with E-state index >= 15 is 0 Å². The Morgan fingerprint density at radius 1 is 0.758 bits per heavy atom. The van der Waals surface area contributed by atoms with Crippen molar-refractivity contribution in [2.24, 2.45) is 0 Å². The van der Waals surface area contributed by atoms with E-state index in [1.807, 2.05) is 48.5 Å². The number of ketones is 1. The topological polar surface area (TPSA) is 66.9 Å². The van der Waals surface area contributed by atoms with Crippen LogP contribution in [0.25, 0.3) is 0 Å². The van der Waals surface area contributed by atoms with E-state index in [0.29, 0.717) is 11.3 Å². The SMILES string of the molecule is COc1ccc(CN2C(=O)C(C)N(Cc3ccccc3)C(=O)C2C(=O)c2ccccc2)cc1. The van der Waals surface area contributed by atoms with Crippen LogP contribution in [0.4, 0.5) is 0 Å². The van der Waals surface area contributed by atoms with Crippen molar-refractivity contribution in [3.05, 3.63) is 102 Å². The molecule has 0 bridgehead atoms. The quantitative estimate of drug-likeness (QED) is 0.413. The molecular formula is C27H26N2O4. The van der Waals surface area contributed by atoms with E-state index in [1.165, 1.54) is 9.80 Å². The molecule has 4 rings (SSSR count). The number of hydrogen-bond acceptors (Lipinski definition) is 4. The summed E-state index contributed by atoms with van der Waals surface area (Å²) < 4.78 is 5.21. The molecule has 1 heterocycles. The van der Waals surface area contributed by atoms with Crippen LogP contribution in [-0.4, -0.2) is 46.6 Å². The Balaban J connectivity index is 1.69. The lowest BCUT2D eigenvalue weighted by Gasteiger charge is -2.43. The third-order valence-electron chi connectivity index (χ3n) is 5.95. The lowest BCUT2D eigenvalue weighted by atomic mass is 9.95. The molecule has 1 saturated heterocycles. The number of amides is 2. The molecule has 1 aliphatic heterocycles. The number of methoxy groups -OCH3 is 1. The molecule has 6 nitrogen and oxygen atoms in total. The van der Waals surface area contributed by atoms with Crippen LogP contribution in [0.5, 0.6) is 5.75 Å². The second kappa shape index (κ2) is 9.69. The summed E-state index contributed by atoms with van der Waals surface area (Å²) >= 11 is 0. The summed E-state index contributed by atoms with van der Waals surface area (Å²) in [7, 11) is 1.58. The van der Waals surface area contributed by atoms with Gasteiger partial charge in [0.05, 0.1) is 7.11 Å². The highest BCUT2D eigenvalue weighted by Crippen LogP contribution is 2.26. The largest absolute Gasteiger partial charge is 0.497 e. The average Bonchev–Trinajstić information content (AvgIpc) is 2.86. The van der Waals surface area contributed by atoms with Crippen molar-refractivity contribution < 1.29 is 19.1 Å². The first-order valence-corrected chi connectivity index (χ1v) is 10.9. The Labute approximate surface area is 193 Å². The number of benzene rings is 3. The van der Waals surface area contributed by atoms with Crippen molar-refractivity contribution in [3.63, 3.8) is 0 Å². The molecule has 1 fully saturated rings. The Hall–Kier alpha value is -3.93. The van der Waals surface area contributed by atoms with Gasteiger partial charge in [-0.1, -0.05) is 72.8 Å². The second-order valence-electron chi connectivity index (χ2n) is 8.07. The normalized spacial score (nSPS) is 18.4. The minimum Gasteiger partial charge on any atom is -0.497 e. The van der Waals surface area contributed by atoms with Crippen LogP contribution >= 0.6 is 0 Å². The number of carbonyl (C=O) groups is 3. The predicted octanol–water partition coefficient (Wildman–Crippen LogP) is 3.71. The highest BCUT2D eigenvalue weighted by atomic mass is 16.5. The zero-order chi connectivity index (χ0) is 23.4. The van der Waals surface area contributed by atoms with Crippen LogP contribution in [0.2, 0.25) is 0 Å². The van der Waals surface area contributed by atoms with Crippen molar-refractivity contribution >= 4 is 17.6 Å². The molecular weight excluding hydrogens is 416 g/mol.